The lowest BCUT2D eigenvalue weighted by molar-refractivity contribution is 0.0697. The molecule has 0 atom stereocenters. The summed E-state index contributed by atoms with van der Waals surface area (Å²) in [6.45, 7) is 7.19. The van der Waals surface area contributed by atoms with Crippen molar-refractivity contribution in [2.24, 2.45) is 0 Å². The monoisotopic (exact) mass is 479 g/mol. The van der Waals surface area contributed by atoms with Crippen molar-refractivity contribution in [3.63, 3.8) is 0 Å². The van der Waals surface area contributed by atoms with Crippen LogP contribution in [-0.4, -0.2) is 60.1 Å². The van der Waals surface area contributed by atoms with E-state index >= 15 is 0 Å². The molecule has 0 unspecified atom stereocenters. The number of aryl methyl sites for hydroxylation is 1. The number of amides is 1. The van der Waals surface area contributed by atoms with E-state index in [0.717, 1.165) is 11.4 Å². The van der Waals surface area contributed by atoms with E-state index in [2.05, 4.69) is 16.7 Å². The number of piperazine rings is 1. The van der Waals surface area contributed by atoms with Crippen LogP contribution in [0.15, 0.2) is 65.6 Å². The molecule has 1 aliphatic rings. The molecule has 1 fully saturated rings. The second-order valence-electron chi connectivity index (χ2n) is 8.63. The Kier molecular flexibility index (Phi) is 6.72. The molecule has 0 saturated carbocycles. The summed E-state index contributed by atoms with van der Waals surface area (Å²) in [6, 6.07) is 18.0. The van der Waals surface area contributed by atoms with E-state index < -0.39 is 10.0 Å². The normalized spacial score (nSPS) is 14.9. The lowest BCUT2D eigenvalue weighted by Crippen LogP contribution is -2.50. The molecule has 1 amide bonds. The van der Waals surface area contributed by atoms with Crippen LogP contribution >= 0.6 is 0 Å². The fourth-order valence-corrected chi connectivity index (χ4v) is 5.76. The number of nitrogens with zero attached hydrogens (tertiary/aromatic N) is 3. The van der Waals surface area contributed by atoms with Gasteiger partial charge in [0, 0.05) is 49.7 Å². The van der Waals surface area contributed by atoms with E-state index in [4.69, 9.17) is 0 Å². The zero-order valence-electron chi connectivity index (χ0n) is 19.7. The second kappa shape index (κ2) is 9.56. The number of sulfonamides is 1. The highest BCUT2D eigenvalue weighted by atomic mass is 32.2. The smallest absolute Gasteiger partial charge is 0.255 e. The Balaban J connectivity index is 1.45. The number of rotatable bonds is 6. The van der Waals surface area contributed by atoms with Crippen LogP contribution < -0.4 is 0 Å². The number of carbonyl (C=O) groups is 2. The fraction of sp³-hybridized carbons (Fsp3) is 0.308. The summed E-state index contributed by atoms with van der Waals surface area (Å²) in [5.74, 6) is -0.186. The summed E-state index contributed by atoms with van der Waals surface area (Å²) < 4.78 is 29.6. The Morgan fingerprint density at radius 1 is 0.882 bits per heavy atom. The lowest BCUT2D eigenvalue weighted by atomic mass is 10.2. The molecule has 2 heterocycles. The predicted molar refractivity (Wildman–Crippen MR) is 131 cm³/mol. The van der Waals surface area contributed by atoms with Gasteiger partial charge in [0.2, 0.25) is 10.0 Å². The first-order chi connectivity index (χ1) is 16.2. The van der Waals surface area contributed by atoms with Crippen molar-refractivity contribution < 1.29 is 18.0 Å². The van der Waals surface area contributed by atoms with Crippen LogP contribution in [0.1, 0.15) is 44.6 Å². The van der Waals surface area contributed by atoms with E-state index in [1.54, 1.807) is 4.90 Å². The van der Waals surface area contributed by atoms with Gasteiger partial charge in [0.1, 0.15) is 0 Å². The van der Waals surface area contributed by atoms with E-state index in [0.29, 0.717) is 30.8 Å². The zero-order chi connectivity index (χ0) is 24.5. The van der Waals surface area contributed by atoms with Gasteiger partial charge in [-0.1, -0.05) is 42.5 Å². The third-order valence-corrected chi connectivity index (χ3v) is 8.32. The molecule has 0 aliphatic carbocycles. The number of ketones is 1. The van der Waals surface area contributed by atoms with Gasteiger partial charge in [-0.3, -0.25) is 9.59 Å². The van der Waals surface area contributed by atoms with Gasteiger partial charge in [-0.15, -0.1) is 0 Å². The van der Waals surface area contributed by atoms with Crippen molar-refractivity contribution in [2.45, 2.75) is 32.2 Å². The number of hydrogen-bond acceptors (Lipinski definition) is 4. The summed E-state index contributed by atoms with van der Waals surface area (Å²) in [5, 5.41) is 0. The Morgan fingerprint density at radius 2 is 1.50 bits per heavy atom. The third kappa shape index (κ3) is 4.69. The third-order valence-electron chi connectivity index (χ3n) is 6.41. The molecule has 0 N–H and O–H groups in total. The summed E-state index contributed by atoms with van der Waals surface area (Å²) in [7, 11) is -3.68. The highest BCUT2D eigenvalue weighted by Crippen LogP contribution is 2.22. The van der Waals surface area contributed by atoms with Crippen LogP contribution in [0, 0.1) is 13.8 Å². The largest absolute Gasteiger partial charge is 0.344 e. The summed E-state index contributed by atoms with van der Waals surface area (Å²) in [4.78, 5) is 26.6. The SMILES string of the molecule is CC(=O)c1ccc(S(=O)(=O)N2CCN(C(=O)c3cc(C)n(Cc4ccccc4)c3C)CC2)cc1. The molecule has 7 nitrogen and oxygen atoms in total. The van der Waals surface area contributed by atoms with E-state index in [9.17, 15) is 18.0 Å². The minimum atomic E-state index is -3.68. The Labute approximate surface area is 200 Å². The topological polar surface area (TPSA) is 79.7 Å². The van der Waals surface area contributed by atoms with Gasteiger partial charge >= 0.3 is 0 Å². The molecular weight excluding hydrogens is 450 g/mol. The van der Waals surface area contributed by atoms with Crippen LogP contribution in [0.25, 0.3) is 0 Å². The standard InChI is InChI=1S/C26H29N3O4S/c1-19-17-25(20(2)29(19)18-22-7-5-4-6-8-22)26(31)27-13-15-28(16-14-27)34(32,33)24-11-9-23(10-12-24)21(3)30/h4-12,17H,13-16,18H2,1-3H3. The molecule has 178 valence electrons. The maximum absolute atomic E-state index is 13.3. The number of aromatic nitrogens is 1. The average Bonchev–Trinajstić information content (AvgIpc) is 3.12. The fourth-order valence-electron chi connectivity index (χ4n) is 4.34. The van der Waals surface area contributed by atoms with Gasteiger partial charge in [-0.05, 0) is 44.5 Å². The van der Waals surface area contributed by atoms with Crippen LogP contribution in [0.5, 0.6) is 0 Å². The van der Waals surface area contributed by atoms with E-state index in [-0.39, 0.29) is 29.7 Å². The van der Waals surface area contributed by atoms with Crippen molar-refractivity contribution >= 4 is 21.7 Å². The van der Waals surface area contributed by atoms with E-state index in [1.807, 2.05) is 38.1 Å². The van der Waals surface area contributed by atoms with Crippen molar-refractivity contribution in [1.29, 1.82) is 0 Å². The molecule has 0 spiro atoms. The molecule has 4 rings (SSSR count). The quantitative estimate of drug-likeness (QED) is 0.507. The van der Waals surface area contributed by atoms with Gasteiger partial charge in [-0.2, -0.15) is 4.31 Å². The number of Topliss-reactive ketones (excluding diaryl/α,β-unsaturated/α-hetero) is 1. The molecule has 1 saturated heterocycles. The van der Waals surface area contributed by atoms with Gasteiger partial charge in [0.15, 0.2) is 5.78 Å². The molecule has 2 aromatic carbocycles. The summed E-state index contributed by atoms with van der Waals surface area (Å²) in [6.07, 6.45) is 0. The van der Waals surface area contributed by atoms with E-state index in [1.165, 1.54) is 41.1 Å². The van der Waals surface area contributed by atoms with Crippen LogP contribution in [0.2, 0.25) is 0 Å². The van der Waals surface area contributed by atoms with Gasteiger partial charge in [0.05, 0.1) is 10.5 Å². The highest BCUT2D eigenvalue weighted by Gasteiger charge is 2.31. The number of hydrogen-bond donors (Lipinski definition) is 0. The Hall–Kier alpha value is -3.23. The van der Waals surface area contributed by atoms with Crippen LogP contribution in [0.3, 0.4) is 0 Å². The average molecular weight is 480 g/mol. The number of benzene rings is 2. The summed E-state index contributed by atoms with van der Waals surface area (Å²) >= 11 is 0. The van der Waals surface area contributed by atoms with Crippen molar-refractivity contribution in [3.8, 4) is 0 Å². The predicted octanol–water partition coefficient (Wildman–Crippen LogP) is 3.50. The second-order valence-corrected chi connectivity index (χ2v) is 10.6. The molecule has 1 aromatic heterocycles. The zero-order valence-corrected chi connectivity index (χ0v) is 20.5. The first-order valence-electron chi connectivity index (χ1n) is 11.3. The molecule has 0 bridgehead atoms. The minimum Gasteiger partial charge on any atom is -0.344 e. The molecule has 0 radical (unpaired) electrons. The summed E-state index contributed by atoms with van der Waals surface area (Å²) in [5.41, 5.74) is 4.22. The lowest BCUT2D eigenvalue weighted by Gasteiger charge is -2.34. The van der Waals surface area contributed by atoms with Crippen molar-refractivity contribution in [2.75, 3.05) is 26.2 Å². The van der Waals surface area contributed by atoms with Crippen LogP contribution in [-0.2, 0) is 16.6 Å². The maximum atomic E-state index is 13.3. The van der Waals surface area contributed by atoms with Crippen LogP contribution in [0.4, 0.5) is 0 Å². The van der Waals surface area contributed by atoms with Crippen molar-refractivity contribution in [3.05, 3.63) is 88.7 Å². The van der Waals surface area contributed by atoms with Gasteiger partial charge < -0.3 is 9.47 Å². The van der Waals surface area contributed by atoms with Crippen molar-refractivity contribution in [1.82, 2.24) is 13.8 Å². The molecule has 8 heteroatoms. The van der Waals surface area contributed by atoms with Gasteiger partial charge in [-0.25, -0.2) is 8.42 Å². The minimum absolute atomic E-state index is 0.0738. The molecular formula is C26H29N3O4S. The molecule has 1 aliphatic heterocycles. The Bertz CT molecular complexity index is 1300. The maximum Gasteiger partial charge on any atom is 0.255 e. The number of carbonyl (C=O) groups excluding carboxylic acids is 2. The first kappa shape index (κ1) is 23.9. The van der Waals surface area contributed by atoms with Gasteiger partial charge in [0.25, 0.3) is 5.91 Å². The Morgan fingerprint density at radius 3 is 2.09 bits per heavy atom. The first-order valence-corrected chi connectivity index (χ1v) is 12.7. The highest BCUT2D eigenvalue weighted by molar-refractivity contribution is 7.89. The molecule has 3 aromatic rings. The molecule has 34 heavy (non-hydrogen) atoms.